The van der Waals surface area contributed by atoms with Crippen molar-refractivity contribution in [1.29, 1.82) is 0 Å². The number of aromatic amines is 1. The van der Waals surface area contributed by atoms with Crippen molar-refractivity contribution in [3.05, 3.63) is 117 Å². The maximum atomic E-state index is 13.2. The van der Waals surface area contributed by atoms with Gasteiger partial charge < -0.3 is 20.3 Å². The van der Waals surface area contributed by atoms with Crippen LogP contribution in [0.4, 0.5) is 4.39 Å². The molecule has 0 saturated heterocycles. The number of amides is 1. The molecule has 37 heavy (non-hydrogen) atoms. The molecule has 1 aliphatic heterocycles. The Morgan fingerprint density at radius 2 is 1.89 bits per heavy atom. The first-order valence-corrected chi connectivity index (χ1v) is 12.4. The average Bonchev–Trinajstić information content (AvgIpc) is 3.21. The minimum atomic E-state index is -0.782. The Hall–Kier alpha value is -4.20. The normalized spacial score (nSPS) is 19.6. The van der Waals surface area contributed by atoms with Crippen LogP contribution < -0.4 is 10.9 Å². The second-order valence-electron chi connectivity index (χ2n) is 9.74. The molecule has 1 aliphatic carbocycles. The number of rotatable bonds is 6. The lowest BCUT2D eigenvalue weighted by molar-refractivity contribution is 0.0941. The van der Waals surface area contributed by atoms with Crippen molar-refractivity contribution >= 4 is 5.91 Å². The molecule has 2 heterocycles. The van der Waals surface area contributed by atoms with E-state index in [2.05, 4.69) is 46.2 Å². The van der Waals surface area contributed by atoms with E-state index in [4.69, 9.17) is 0 Å². The molecule has 0 spiro atoms. The number of halogens is 1. The molecule has 190 valence electrons. The molecule has 3 aromatic rings. The zero-order valence-corrected chi connectivity index (χ0v) is 20.7. The predicted molar refractivity (Wildman–Crippen MR) is 138 cm³/mol. The van der Waals surface area contributed by atoms with Crippen LogP contribution in [0.5, 0.6) is 5.75 Å². The number of carbonyl (C=O) groups excluding carboxylic acids is 1. The van der Waals surface area contributed by atoms with Crippen LogP contribution in [-0.4, -0.2) is 31.9 Å². The van der Waals surface area contributed by atoms with Crippen molar-refractivity contribution in [2.75, 3.05) is 0 Å². The van der Waals surface area contributed by atoms with Gasteiger partial charge in [-0.25, -0.2) is 9.37 Å². The number of allylic oxidation sites excluding steroid dienone is 3. The summed E-state index contributed by atoms with van der Waals surface area (Å²) >= 11 is 0. The maximum absolute atomic E-state index is 13.2. The van der Waals surface area contributed by atoms with Crippen LogP contribution in [0.25, 0.3) is 0 Å². The summed E-state index contributed by atoms with van der Waals surface area (Å²) in [7, 11) is 0. The molecule has 1 aromatic heterocycles. The number of H-pyrrole nitrogens is 1. The van der Waals surface area contributed by atoms with Gasteiger partial charge >= 0.3 is 0 Å². The van der Waals surface area contributed by atoms with Gasteiger partial charge in [0, 0.05) is 18.3 Å². The number of hydrogen-bond donors (Lipinski definition) is 3. The Morgan fingerprint density at radius 1 is 1.16 bits per heavy atom. The highest BCUT2D eigenvalue weighted by molar-refractivity contribution is 5.94. The van der Waals surface area contributed by atoms with Crippen molar-refractivity contribution in [2.45, 2.75) is 45.3 Å². The highest BCUT2D eigenvalue weighted by Crippen LogP contribution is 2.43. The summed E-state index contributed by atoms with van der Waals surface area (Å²) in [5.41, 5.74) is 2.93. The number of carbonyl (C=O) groups is 1. The van der Waals surface area contributed by atoms with Gasteiger partial charge in [0.05, 0.1) is 0 Å². The molecule has 7 nitrogen and oxygen atoms in total. The van der Waals surface area contributed by atoms with Crippen LogP contribution in [-0.2, 0) is 6.54 Å². The van der Waals surface area contributed by atoms with Gasteiger partial charge in [-0.05, 0) is 54.5 Å². The molecule has 2 aliphatic rings. The summed E-state index contributed by atoms with van der Waals surface area (Å²) in [4.78, 5) is 35.4. The first kappa shape index (κ1) is 24.5. The molecule has 0 saturated carbocycles. The molecular formula is C29H29FN4O3. The smallest absolute Gasteiger partial charge is 0.294 e. The largest absolute Gasteiger partial charge is 0.501 e. The summed E-state index contributed by atoms with van der Waals surface area (Å²) in [5, 5.41) is 13.1. The third kappa shape index (κ3) is 4.91. The Labute approximate surface area is 214 Å². The second-order valence-corrected chi connectivity index (χ2v) is 9.74. The van der Waals surface area contributed by atoms with E-state index in [1.807, 2.05) is 30.3 Å². The first-order valence-electron chi connectivity index (χ1n) is 12.4. The molecule has 5 rings (SSSR count). The summed E-state index contributed by atoms with van der Waals surface area (Å²) < 4.78 is 13.2. The lowest BCUT2D eigenvalue weighted by Gasteiger charge is -2.37. The van der Waals surface area contributed by atoms with E-state index in [9.17, 15) is 19.1 Å². The van der Waals surface area contributed by atoms with E-state index in [1.54, 1.807) is 12.1 Å². The van der Waals surface area contributed by atoms with Crippen molar-refractivity contribution in [3.8, 4) is 5.75 Å². The van der Waals surface area contributed by atoms with Crippen molar-refractivity contribution in [3.63, 3.8) is 0 Å². The summed E-state index contributed by atoms with van der Waals surface area (Å²) in [5.74, 6) is -1.15. The minimum absolute atomic E-state index is 0.0914. The van der Waals surface area contributed by atoms with Gasteiger partial charge in [-0.2, -0.15) is 0 Å². The molecule has 2 unspecified atom stereocenters. The lowest BCUT2D eigenvalue weighted by Crippen LogP contribution is -2.36. The fourth-order valence-electron chi connectivity index (χ4n) is 5.16. The molecule has 0 bridgehead atoms. The van der Waals surface area contributed by atoms with Gasteiger partial charge in [0.1, 0.15) is 17.7 Å². The number of aromatic hydroxyl groups is 1. The number of nitrogens with zero attached hydrogens (tertiary/aromatic N) is 2. The minimum Gasteiger partial charge on any atom is -0.501 e. The van der Waals surface area contributed by atoms with E-state index in [1.165, 1.54) is 23.4 Å². The zero-order valence-electron chi connectivity index (χ0n) is 20.7. The van der Waals surface area contributed by atoms with Gasteiger partial charge in [0.15, 0.2) is 5.69 Å². The maximum Gasteiger partial charge on any atom is 0.294 e. The van der Waals surface area contributed by atoms with Crippen molar-refractivity contribution in [2.24, 2.45) is 5.92 Å². The highest BCUT2D eigenvalue weighted by Gasteiger charge is 2.38. The van der Waals surface area contributed by atoms with Crippen molar-refractivity contribution < 1.29 is 14.3 Å². The molecule has 2 aromatic carbocycles. The molecule has 8 heteroatoms. The van der Waals surface area contributed by atoms with Crippen LogP contribution in [0.3, 0.4) is 0 Å². The van der Waals surface area contributed by atoms with E-state index >= 15 is 0 Å². The van der Waals surface area contributed by atoms with E-state index < -0.39 is 23.3 Å². The van der Waals surface area contributed by atoms with E-state index in [0.717, 1.165) is 18.4 Å². The Morgan fingerprint density at radius 3 is 2.62 bits per heavy atom. The van der Waals surface area contributed by atoms with Gasteiger partial charge in [-0.15, -0.1) is 0 Å². The summed E-state index contributed by atoms with van der Waals surface area (Å²) in [6.07, 6.45) is 6.14. The van der Waals surface area contributed by atoms with Crippen molar-refractivity contribution in [1.82, 2.24) is 20.2 Å². The first-order chi connectivity index (χ1) is 17.8. The Balaban J connectivity index is 1.54. The van der Waals surface area contributed by atoms with Gasteiger partial charge in [0.25, 0.3) is 11.5 Å². The monoisotopic (exact) mass is 500 g/mol. The Bertz CT molecular complexity index is 1430. The summed E-state index contributed by atoms with van der Waals surface area (Å²) in [6, 6.07) is 15.1. The molecular weight excluding hydrogens is 471 g/mol. The molecule has 1 amide bonds. The summed E-state index contributed by atoms with van der Waals surface area (Å²) in [6.45, 7) is 4.40. The van der Waals surface area contributed by atoms with Crippen LogP contribution >= 0.6 is 0 Å². The van der Waals surface area contributed by atoms with Crippen LogP contribution in [0.15, 0.2) is 82.8 Å². The topological polar surface area (TPSA) is 98.3 Å². The quantitative estimate of drug-likeness (QED) is 0.460. The van der Waals surface area contributed by atoms with E-state index in [0.29, 0.717) is 11.5 Å². The van der Waals surface area contributed by atoms with Crippen LogP contribution in [0.1, 0.15) is 60.2 Å². The highest BCUT2D eigenvalue weighted by atomic mass is 19.1. The van der Waals surface area contributed by atoms with Crippen LogP contribution in [0.2, 0.25) is 0 Å². The number of benzene rings is 2. The number of hydrogen-bond acceptors (Lipinski definition) is 5. The predicted octanol–water partition coefficient (Wildman–Crippen LogP) is 4.58. The lowest BCUT2D eigenvalue weighted by atomic mass is 9.94. The zero-order chi connectivity index (χ0) is 26.1. The fraction of sp³-hybridized carbons (Fsp3) is 0.276. The standard InChI is InChI=1S/C29H29FN4O3/c1-17-8-11-21-15-18(2)34(23(21)14-17)25(20-6-4-3-5-7-20)27-32-24(26(35)29(37)33-27)28(36)31-16-19-9-12-22(30)13-10-19/h3-13,17-18,25,35H,14-16H2,1-2H3,(H,31,36)(H,32,33,37)/t17-,18?,25?/m1/s1. The third-order valence-corrected chi connectivity index (χ3v) is 6.96. The second kappa shape index (κ2) is 10.0. The van der Waals surface area contributed by atoms with E-state index in [-0.39, 0.29) is 29.9 Å². The number of aromatic nitrogens is 2. The van der Waals surface area contributed by atoms with Crippen LogP contribution in [0, 0.1) is 11.7 Å². The fourth-order valence-corrected chi connectivity index (χ4v) is 5.16. The average molecular weight is 501 g/mol. The molecule has 3 N–H and O–H groups in total. The molecule has 0 fully saturated rings. The Kier molecular flexibility index (Phi) is 6.65. The van der Waals surface area contributed by atoms with Gasteiger partial charge in [-0.1, -0.05) is 61.5 Å². The van der Waals surface area contributed by atoms with Gasteiger partial charge in [-0.3, -0.25) is 9.59 Å². The third-order valence-electron chi connectivity index (χ3n) is 6.96. The number of nitrogens with one attached hydrogen (secondary N) is 2. The molecule has 0 radical (unpaired) electrons. The van der Waals surface area contributed by atoms with Gasteiger partial charge in [0.2, 0.25) is 5.75 Å². The SMILES string of the molecule is CC1CC2=C(C[C@H](C)C=C2)N1C(c1ccccc1)c1nc(C(=O)NCc2ccc(F)cc2)c(O)c(=O)[nH]1. The molecule has 3 atom stereocenters.